The molecule has 1 aromatic heterocycles. The summed E-state index contributed by atoms with van der Waals surface area (Å²) in [6.45, 7) is 3.56. The van der Waals surface area contributed by atoms with E-state index in [1.54, 1.807) is 6.07 Å². The summed E-state index contributed by atoms with van der Waals surface area (Å²) in [5.74, 6) is -1.60. The summed E-state index contributed by atoms with van der Waals surface area (Å²) in [5, 5.41) is 10.7. The van der Waals surface area contributed by atoms with Gasteiger partial charge >= 0.3 is 0 Å². The molecule has 166 valence electrons. The molecule has 0 saturated heterocycles. The van der Waals surface area contributed by atoms with Crippen LogP contribution in [0.1, 0.15) is 50.9 Å². The zero-order valence-corrected chi connectivity index (χ0v) is 18.5. The van der Waals surface area contributed by atoms with Gasteiger partial charge in [0.05, 0.1) is 17.3 Å². The van der Waals surface area contributed by atoms with Crippen molar-refractivity contribution in [3.63, 3.8) is 0 Å². The molecular weight excluding hydrogens is 436 g/mol. The number of nitrogens with zero attached hydrogens (tertiary/aromatic N) is 2. The van der Waals surface area contributed by atoms with E-state index in [0.29, 0.717) is 29.7 Å². The number of aromatic nitrogens is 2. The highest BCUT2D eigenvalue weighted by Crippen LogP contribution is 2.33. The smallest absolute Gasteiger partial charge is 0.257 e. The minimum Gasteiger partial charge on any atom is -0.434 e. The van der Waals surface area contributed by atoms with Gasteiger partial charge in [-0.15, -0.1) is 5.10 Å². The van der Waals surface area contributed by atoms with E-state index < -0.39 is 17.9 Å². The summed E-state index contributed by atoms with van der Waals surface area (Å²) in [6, 6.07) is 9.76. The standard InChI is InChI=1S/C24H22ClF2N3O2/c1-13-9-10-15(14(2)11-13)18(26)12-28-23(31)21-16-5-3-7-19(16)29-30-24(21)32-20-8-4-6-17(25)22(20)27/h4,6,8-11,18H,3,5,7,12H2,1-2H3,(H,28,31). The van der Waals surface area contributed by atoms with E-state index in [-0.39, 0.29) is 28.8 Å². The molecule has 1 aliphatic rings. The average Bonchev–Trinajstić information content (AvgIpc) is 3.23. The quantitative estimate of drug-likeness (QED) is 0.522. The molecule has 1 heterocycles. The SMILES string of the molecule is Cc1ccc(C(F)CNC(=O)c2c(Oc3cccc(Cl)c3F)nnc3c2CCC3)c(C)c1. The highest BCUT2D eigenvalue weighted by molar-refractivity contribution is 6.30. The lowest BCUT2D eigenvalue weighted by Gasteiger charge is -2.16. The normalized spacial score (nSPS) is 13.5. The van der Waals surface area contributed by atoms with Gasteiger partial charge in [-0.3, -0.25) is 4.79 Å². The zero-order valence-electron chi connectivity index (χ0n) is 17.7. The number of hydrogen-bond acceptors (Lipinski definition) is 4. The molecule has 1 amide bonds. The van der Waals surface area contributed by atoms with Crippen LogP contribution >= 0.6 is 11.6 Å². The van der Waals surface area contributed by atoms with Crippen molar-refractivity contribution in [1.82, 2.24) is 15.5 Å². The molecule has 32 heavy (non-hydrogen) atoms. The number of amides is 1. The van der Waals surface area contributed by atoms with Gasteiger partial charge < -0.3 is 10.1 Å². The van der Waals surface area contributed by atoms with Crippen LogP contribution in [0.3, 0.4) is 0 Å². The third-order valence-corrected chi connectivity index (χ3v) is 5.81. The lowest BCUT2D eigenvalue weighted by molar-refractivity contribution is 0.0937. The van der Waals surface area contributed by atoms with Crippen LogP contribution in [-0.2, 0) is 12.8 Å². The molecule has 3 aromatic rings. The fraction of sp³-hybridized carbons (Fsp3) is 0.292. The highest BCUT2D eigenvalue weighted by Gasteiger charge is 2.28. The second-order valence-electron chi connectivity index (χ2n) is 7.85. The van der Waals surface area contributed by atoms with Crippen LogP contribution in [0.5, 0.6) is 11.6 Å². The molecule has 0 bridgehead atoms. The second kappa shape index (κ2) is 9.20. The van der Waals surface area contributed by atoms with Gasteiger partial charge in [-0.25, -0.2) is 8.78 Å². The molecule has 5 nitrogen and oxygen atoms in total. The molecule has 4 rings (SSSR count). The van der Waals surface area contributed by atoms with Crippen LogP contribution in [0.25, 0.3) is 0 Å². The van der Waals surface area contributed by atoms with Gasteiger partial charge in [-0.2, -0.15) is 5.10 Å². The lowest BCUT2D eigenvalue weighted by Crippen LogP contribution is -2.29. The van der Waals surface area contributed by atoms with Gasteiger partial charge in [-0.1, -0.05) is 41.4 Å². The van der Waals surface area contributed by atoms with E-state index in [0.717, 1.165) is 17.5 Å². The molecule has 0 aliphatic heterocycles. The number of carbonyl (C=O) groups is 1. The molecule has 0 spiro atoms. The molecule has 1 unspecified atom stereocenters. The van der Waals surface area contributed by atoms with E-state index in [1.807, 2.05) is 26.0 Å². The highest BCUT2D eigenvalue weighted by atomic mass is 35.5. The maximum Gasteiger partial charge on any atom is 0.257 e. The Kier molecular flexibility index (Phi) is 6.37. The van der Waals surface area contributed by atoms with Crippen LogP contribution in [0.2, 0.25) is 5.02 Å². The van der Waals surface area contributed by atoms with Crippen molar-refractivity contribution >= 4 is 17.5 Å². The first-order chi connectivity index (χ1) is 15.3. The van der Waals surface area contributed by atoms with Crippen molar-refractivity contribution in [3.05, 3.63) is 80.7 Å². The van der Waals surface area contributed by atoms with Crippen molar-refractivity contribution in [2.24, 2.45) is 0 Å². The van der Waals surface area contributed by atoms with Crippen LogP contribution < -0.4 is 10.1 Å². The van der Waals surface area contributed by atoms with Gasteiger partial charge in [0.15, 0.2) is 11.6 Å². The number of nitrogens with one attached hydrogen (secondary N) is 1. The number of carbonyl (C=O) groups excluding carboxylic acids is 1. The molecule has 0 saturated carbocycles. The van der Waals surface area contributed by atoms with Crippen molar-refractivity contribution in [1.29, 1.82) is 0 Å². The average molecular weight is 458 g/mol. The maximum absolute atomic E-state index is 14.9. The van der Waals surface area contributed by atoms with E-state index in [4.69, 9.17) is 16.3 Å². The lowest BCUT2D eigenvalue weighted by atomic mass is 10.0. The fourth-order valence-corrected chi connectivity index (χ4v) is 4.09. The first-order valence-electron chi connectivity index (χ1n) is 10.3. The first-order valence-corrected chi connectivity index (χ1v) is 10.7. The minimum atomic E-state index is -1.38. The molecule has 8 heteroatoms. The predicted molar refractivity (Wildman–Crippen MR) is 118 cm³/mol. The number of ether oxygens (including phenoxy) is 1. The number of hydrogen-bond donors (Lipinski definition) is 1. The number of alkyl halides is 1. The topological polar surface area (TPSA) is 64.1 Å². The Morgan fingerprint density at radius 1 is 1.22 bits per heavy atom. The Balaban J connectivity index is 1.59. The number of rotatable bonds is 6. The third kappa shape index (κ3) is 4.43. The Bertz CT molecular complexity index is 1190. The largest absolute Gasteiger partial charge is 0.434 e. The van der Waals surface area contributed by atoms with Crippen LogP contribution in [0, 0.1) is 19.7 Å². The summed E-state index contributed by atoms with van der Waals surface area (Å²) in [6.07, 6.45) is 0.728. The van der Waals surface area contributed by atoms with Crippen LogP contribution in [0.4, 0.5) is 8.78 Å². The number of aryl methyl sites for hydroxylation is 3. The van der Waals surface area contributed by atoms with Crippen LogP contribution in [-0.4, -0.2) is 22.6 Å². The fourth-order valence-electron chi connectivity index (χ4n) is 3.92. The van der Waals surface area contributed by atoms with Gasteiger partial charge in [0.1, 0.15) is 11.7 Å². The Labute approximate surface area is 189 Å². The van der Waals surface area contributed by atoms with E-state index in [1.165, 1.54) is 18.2 Å². The van der Waals surface area contributed by atoms with E-state index >= 15 is 0 Å². The zero-order chi connectivity index (χ0) is 22.8. The van der Waals surface area contributed by atoms with E-state index in [2.05, 4.69) is 15.5 Å². The number of fused-ring (bicyclic) bond motifs is 1. The minimum absolute atomic E-state index is 0.114. The first kappa shape index (κ1) is 22.1. The monoisotopic (exact) mass is 457 g/mol. The molecule has 1 N–H and O–H groups in total. The Morgan fingerprint density at radius 2 is 2.03 bits per heavy atom. The summed E-state index contributed by atoms with van der Waals surface area (Å²) in [5.41, 5.74) is 3.91. The summed E-state index contributed by atoms with van der Waals surface area (Å²) >= 11 is 5.83. The van der Waals surface area contributed by atoms with Crippen molar-refractivity contribution in [2.45, 2.75) is 39.3 Å². The van der Waals surface area contributed by atoms with Gasteiger partial charge in [0.2, 0.25) is 0 Å². The molecular formula is C24H22ClF2N3O2. The van der Waals surface area contributed by atoms with Gasteiger partial charge in [-0.05, 0) is 61.9 Å². The van der Waals surface area contributed by atoms with Gasteiger partial charge in [0.25, 0.3) is 11.8 Å². The molecule has 2 aromatic carbocycles. The Morgan fingerprint density at radius 3 is 2.81 bits per heavy atom. The van der Waals surface area contributed by atoms with Crippen molar-refractivity contribution < 1.29 is 18.3 Å². The maximum atomic E-state index is 14.9. The second-order valence-corrected chi connectivity index (χ2v) is 8.26. The summed E-state index contributed by atoms with van der Waals surface area (Å²) < 4.78 is 34.8. The predicted octanol–water partition coefficient (Wildman–Crippen LogP) is 5.61. The summed E-state index contributed by atoms with van der Waals surface area (Å²) in [4.78, 5) is 13.1. The third-order valence-electron chi connectivity index (χ3n) is 5.52. The number of benzene rings is 2. The molecule has 1 aliphatic carbocycles. The summed E-state index contributed by atoms with van der Waals surface area (Å²) in [7, 11) is 0. The van der Waals surface area contributed by atoms with Crippen LogP contribution in [0.15, 0.2) is 36.4 Å². The molecule has 0 fully saturated rings. The van der Waals surface area contributed by atoms with Crippen molar-refractivity contribution in [3.8, 4) is 11.6 Å². The molecule has 1 atom stereocenters. The molecule has 0 radical (unpaired) electrons. The van der Waals surface area contributed by atoms with Gasteiger partial charge in [0, 0.05) is 0 Å². The Hall–Kier alpha value is -3.06. The number of halogens is 3. The van der Waals surface area contributed by atoms with Crippen molar-refractivity contribution in [2.75, 3.05) is 6.54 Å². The van der Waals surface area contributed by atoms with E-state index in [9.17, 15) is 13.6 Å².